The average Bonchev–Trinajstić information content (AvgIpc) is 2.69. The summed E-state index contributed by atoms with van der Waals surface area (Å²) in [7, 11) is -7.02. The molecule has 1 fully saturated rings. The molecule has 0 aliphatic carbocycles. The predicted octanol–water partition coefficient (Wildman–Crippen LogP) is 2.26. The Balaban J connectivity index is 1.51. The van der Waals surface area contributed by atoms with E-state index in [-0.39, 0.29) is 16.6 Å². The highest BCUT2D eigenvalue weighted by molar-refractivity contribution is 7.89. The molecule has 0 spiro atoms. The van der Waals surface area contributed by atoms with Crippen molar-refractivity contribution in [2.75, 3.05) is 19.6 Å². The molecule has 152 valence electrons. The smallest absolute Gasteiger partial charge is 0.244 e. The number of aromatic nitrogens is 1. The topological polar surface area (TPSA) is 96.4 Å². The Bertz CT molecular complexity index is 989. The molecule has 0 bridgehead atoms. The number of hydrogen-bond acceptors (Lipinski definition) is 5. The van der Waals surface area contributed by atoms with E-state index in [4.69, 9.17) is 11.6 Å². The average molecular weight is 444 g/mol. The minimum Gasteiger partial charge on any atom is -0.263 e. The van der Waals surface area contributed by atoms with Crippen LogP contribution in [0.2, 0.25) is 5.02 Å². The molecule has 1 aliphatic rings. The van der Waals surface area contributed by atoms with Crippen LogP contribution in [-0.2, 0) is 25.8 Å². The van der Waals surface area contributed by atoms with Crippen molar-refractivity contribution >= 4 is 31.6 Å². The summed E-state index contributed by atoms with van der Waals surface area (Å²) in [6.45, 7) is 1.03. The molecular formula is C18H22ClN3O4S2. The van der Waals surface area contributed by atoms with Gasteiger partial charge in [0.1, 0.15) is 4.90 Å². The molecule has 0 unspecified atom stereocenters. The van der Waals surface area contributed by atoms with E-state index in [9.17, 15) is 16.8 Å². The molecule has 2 aromatic rings. The van der Waals surface area contributed by atoms with Crippen LogP contribution in [0.4, 0.5) is 0 Å². The van der Waals surface area contributed by atoms with Crippen LogP contribution in [0.5, 0.6) is 0 Å². The number of pyridine rings is 1. The van der Waals surface area contributed by atoms with Crippen molar-refractivity contribution in [2.45, 2.75) is 23.5 Å². The van der Waals surface area contributed by atoms with Crippen LogP contribution in [0.3, 0.4) is 0 Å². The molecule has 1 aromatic heterocycles. The van der Waals surface area contributed by atoms with Gasteiger partial charge in [0.05, 0.1) is 5.75 Å². The minimum atomic E-state index is -3.55. The summed E-state index contributed by atoms with van der Waals surface area (Å²) in [6.07, 6.45) is 4.07. The van der Waals surface area contributed by atoms with E-state index in [1.807, 2.05) is 0 Å². The summed E-state index contributed by atoms with van der Waals surface area (Å²) in [4.78, 5) is 4.04. The zero-order valence-corrected chi connectivity index (χ0v) is 17.5. The van der Waals surface area contributed by atoms with Gasteiger partial charge in [-0.1, -0.05) is 23.7 Å². The first-order chi connectivity index (χ1) is 13.3. The molecular weight excluding hydrogens is 422 g/mol. The van der Waals surface area contributed by atoms with Crippen LogP contribution in [-0.4, -0.2) is 45.8 Å². The Morgan fingerprint density at radius 1 is 1.07 bits per heavy atom. The van der Waals surface area contributed by atoms with Gasteiger partial charge in [-0.2, -0.15) is 4.31 Å². The SMILES string of the molecule is O=S(=O)(Cc1ccc(Cl)cc1)NCC1CCN(S(=O)(=O)c2cccnc2)CC1. The molecule has 3 rings (SSSR count). The van der Waals surface area contributed by atoms with Gasteiger partial charge in [-0.05, 0) is 48.6 Å². The van der Waals surface area contributed by atoms with E-state index in [2.05, 4.69) is 9.71 Å². The van der Waals surface area contributed by atoms with Crippen LogP contribution < -0.4 is 4.72 Å². The number of rotatable bonds is 7. The number of nitrogens with one attached hydrogen (secondary N) is 1. The van der Waals surface area contributed by atoms with Crippen molar-refractivity contribution in [3.8, 4) is 0 Å². The monoisotopic (exact) mass is 443 g/mol. The molecule has 2 heterocycles. The van der Waals surface area contributed by atoms with E-state index >= 15 is 0 Å². The largest absolute Gasteiger partial charge is 0.263 e. The minimum absolute atomic E-state index is 0.0975. The molecule has 1 aliphatic heterocycles. The van der Waals surface area contributed by atoms with Gasteiger partial charge < -0.3 is 0 Å². The van der Waals surface area contributed by atoms with Crippen molar-refractivity contribution in [2.24, 2.45) is 5.92 Å². The maximum atomic E-state index is 12.6. The first kappa shape index (κ1) is 21.2. The van der Waals surface area contributed by atoms with E-state index < -0.39 is 20.0 Å². The molecule has 0 atom stereocenters. The number of piperidine rings is 1. The summed E-state index contributed by atoms with van der Waals surface area (Å²) < 4.78 is 53.8. The molecule has 28 heavy (non-hydrogen) atoms. The Morgan fingerprint density at radius 2 is 1.75 bits per heavy atom. The maximum absolute atomic E-state index is 12.6. The zero-order valence-electron chi connectivity index (χ0n) is 15.2. The fraction of sp³-hybridized carbons (Fsp3) is 0.389. The van der Waals surface area contributed by atoms with Gasteiger partial charge in [-0.25, -0.2) is 21.6 Å². The fourth-order valence-corrected chi connectivity index (χ4v) is 5.88. The van der Waals surface area contributed by atoms with Crippen molar-refractivity contribution in [3.63, 3.8) is 0 Å². The molecule has 7 nitrogen and oxygen atoms in total. The third-order valence-electron chi connectivity index (χ3n) is 4.71. The molecule has 0 saturated carbocycles. The van der Waals surface area contributed by atoms with E-state index in [1.54, 1.807) is 30.3 Å². The summed E-state index contributed by atoms with van der Waals surface area (Å²) in [6, 6.07) is 9.80. The van der Waals surface area contributed by atoms with Gasteiger partial charge >= 0.3 is 0 Å². The second-order valence-corrected chi connectivity index (χ2v) is 11.0. The molecule has 0 amide bonds. The lowest BCUT2D eigenvalue weighted by molar-refractivity contribution is 0.274. The van der Waals surface area contributed by atoms with Crippen molar-refractivity contribution in [1.82, 2.24) is 14.0 Å². The first-order valence-electron chi connectivity index (χ1n) is 8.88. The van der Waals surface area contributed by atoms with Crippen LogP contribution >= 0.6 is 11.6 Å². The Labute approximate surface area is 170 Å². The second kappa shape index (κ2) is 8.87. The van der Waals surface area contributed by atoms with Crippen LogP contribution in [0.15, 0.2) is 53.7 Å². The first-order valence-corrected chi connectivity index (χ1v) is 12.4. The van der Waals surface area contributed by atoms with Crippen molar-refractivity contribution in [3.05, 3.63) is 59.4 Å². The number of hydrogen-bond donors (Lipinski definition) is 1. The van der Waals surface area contributed by atoms with Crippen LogP contribution in [0.25, 0.3) is 0 Å². The van der Waals surface area contributed by atoms with Gasteiger partial charge in [0.15, 0.2) is 0 Å². The van der Waals surface area contributed by atoms with Gasteiger partial charge in [0.2, 0.25) is 20.0 Å². The van der Waals surface area contributed by atoms with Crippen LogP contribution in [0.1, 0.15) is 18.4 Å². The number of benzene rings is 1. The van der Waals surface area contributed by atoms with Crippen molar-refractivity contribution in [1.29, 1.82) is 0 Å². The van der Waals surface area contributed by atoms with Gasteiger partial charge in [0, 0.05) is 37.1 Å². The van der Waals surface area contributed by atoms with E-state index in [1.165, 1.54) is 22.8 Å². The summed E-state index contributed by atoms with van der Waals surface area (Å²) in [5.41, 5.74) is 0.661. The molecule has 0 radical (unpaired) electrons. The summed E-state index contributed by atoms with van der Waals surface area (Å²) >= 11 is 5.81. The maximum Gasteiger partial charge on any atom is 0.244 e. The lowest BCUT2D eigenvalue weighted by Crippen LogP contribution is -2.41. The van der Waals surface area contributed by atoms with Crippen LogP contribution in [0, 0.1) is 5.92 Å². The van der Waals surface area contributed by atoms with E-state index in [0.717, 1.165) is 0 Å². The highest BCUT2D eigenvalue weighted by Gasteiger charge is 2.30. The zero-order chi connectivity index (χ0) is 20.2. The lowest BCUT2D eigenvalue weighted by atomic mass is 9.99. The quantitative estimate of drug-likeness (QED) is 0.707. The Kier molecular flexibility index (Phi) is 6.72. The molecule has 1 aromatic carbocycles. The Hall–Kier alpha value is -1.52. The lowest BCUT2D eigenvalue weighted by Gasteiger charge is -2.31. The van der Waals surface area contributed by atoms with Gasteiger partial charge in [0.25, 0.3) is 0 Å². The molecule has 1 saturated heterocycles. The fourth-order valence-electron chi connectivity index (χ4n) is 3.10. The third kappa shape index (κ3) is 5.51. The highest BCUT2D eigenvalue weighted by Crippen LogP contribution is 2.23. The van der Waals surface area contributed by atoms with E-state index in [0.29, 0.717) is 43.1 Å². The second-order valence-electron chi connectivity index (χ2n) is 6.77. The Morgan fingerprint density at radius 3 is 2.36 bits per heavy atom. The number of sulfonamides is 2. The van der Waals surface area contributed by atoms with Crippen molar-refractivity contribution < 1.29 is 16.8 Å². The summed E-state index contributed by atoms with van der Waals surface area (Å²) in [5, 5.41) is 0.558. The normalized spacial score (nSPS) is 16.9. The van der Waals surface area contributed by atoms with Gasteiger partial charge in [-0.3, -0.25) is 4.98 Å². The molecule has 1 N–H and O–H groups in total. The molecule has 10 heteroatoms. The standard InChI is InChI=1S/C18H22ClN3O4S2/c19-17-5-3-16(4-6-17)14-27(23,24)21-12-15-7-10-22(11-8-15)28(25,26)18-2-1-9-20-13-18/h1-6,9,13,15,21H,7-8,10-12,14H2. The predicted molar refractivity (Wildman–Crippen MR) is 108 cm³/mol. The summed E-state index contributed by atoms with van der Waals surface area (Å²) in [5.74, 6) is -0.0152. The number of halogens is 1. The third-order valence-corrected chi connectivity index (χ3v) is 8.16. The number of nitrogens with zero attached hydrogens (tertiary/aromatic N) is 2. The van der Waals surface area contributed by atoms with Gasteiger partial charge in [-0.15, -0.1) is 0 Å². The highest BCUT2D eigenvalue weighted by atomic mass is 35.5.